The first-order valence-electron chi connectivity index (χ1n) is 11.0. The fraction of sp³-hybridized carbons (Fsp3) is 0.0370. The Kier molecular flexibility index (Phi) is 3.67. The third kappa shape index (κ3) is 2.19. The van der Waals surface area contributed by atoms with E-state index in [0.717, 1.165) is 26.7 Å². The summed E-state index contributed by atoms with van der Waals surface area (Å²) in [4.78, 5) is 28.0. The van der Waals surface area contributed by atoms with Crippen LogP contribution in [0.4, 0.5) is 0 Å². The highest BCUT2D eigenvalue weighted by Crippen LogP contribution is 2.59. The fourth-order valence-electron chi connectivity index (χ4n) is 5.28. The van der Waals surface area contributed by atoms with E-state index in [4.69, 9.17) is 0 Å². The van der Waals surface area contributed by atoms with Gasteiger partial charge in [0.15, 0.2) is 0 Å². The normalized spacial score (nSPS) is 16.7. The Morgan fingerprint density at radius 3 is 1.56 bits per heavy atom. The SMILES string of the molecule is CN1C(=O)C2=C(C1=O)c1cc3ccccc3n1P(=O)(c1ccccc1)n1c2cc2ccccc21. The van der Waals surface area contributed by atoms with Crippen molar-refractivity contribution < 1.29 is 14.2 Å². The maximum Gasteiger partial charge on any atom is 0.301 e. The van der Waals surface area contributed by atoms with Crippen molar-refractivity contribution in [2.45, 2.75) is 0 Å². The number of amides is 2. The van der Waals surface area contributed by atoms with Crippen molar-refractivity contribution in [1.29, 1.82) is 0 Å². The van der Waals surface area contributed by atoms with Gasteiger partial charge in [-0.15, -0.1) is 0 Å². The second-order valence-electron chi connectivity index (χ2n) is 8.60. The van der Waals surface area contributed by atoms with Crippen LogP contribution in [0.15, 0.2) is 91.0 Å². The smallest absolute Gasteiger partial charge is 0.277 e. The third-order valence-electron chi connectivity index (χ3n) is 6.80. The zero-order chi connectivity index (χ0) is 23.2. The quantitative estimate of drug-likeness (QED) is 0.267. The summed E-state index contributed by atoms with van der Waals surface area (Å²) < 4.78 is 19.2. The summed E-state index contributed by atoms with van der Waals surface area (Å²) in [7, 11) is -2.15. The van der Waals surface area contributed by atoms with Gasteiger partial charge in [-0.3, -0.25) is 27.7 Å². The molecule has 6 nitrogen and oxygen atoms in total. The van der Waals surface area contributed by atoms with Crippen LogP contribution in [0.5, 0.6) is 0 Å². The third-order valence-corrected chi connectivity index (χ3v) is 9.72. The zero-order valence-electron chi connectivity index (χ0n) is 18.2. The Labute approximate surface area is 194 Å². The summed E-state index contributed by atoms with van der Waals surface area (Å²) in [6.45, 7) is 0. The molecule has 0 unspecified atom stereocenters. The molecule has 0 bridgehead atoms. The molecular weight excluding hydrogens is 445 g/mol. The molecule has 2 amide bonds. The molecule has 2 aromatic heterocycles. The Balaban J connectivity index is 1.78. The molecule has 7 heteroatoms. The van der Waals surface area contributed by atoms with E-state index in [1.807, 2.05) is 91.0 Å². The summed E-state index contributed by atoms with van der Waals surface area (Å²) in [5, 5.41) is 2.33. The maximum absolute atomic E-state index is 15.6. The van der Waals surface area contributed by atoms with Crippen LogP contribution in [-0.4, -0.2) is 32.4 Å². The van der Waals surface area contributed by atoms with Crippen molar-refractivity contribution in [2.75, 3.05) is 7.05 Å². The highest BCUT2D eigenvalue weighted by atomic mass is 31.2. The summed E-state index contributed by atoms with van der Waals surface area (Å²) in [5.74, 6) is -0.773. The number of hydrogen-bond acceptors (Lipinski definition) is 3. The number of para-hydroxylation sites is 2. The molecule has 4 heterocycles. The molecule has 7 rings (SSSR count). The van der Waals surface area contributed by atoms with Gasteiger partial charge in [-0.05, 0) is 36.4 Å². The number of carbonyl (C=O) groups excluding carboxylic acids is 2. The van der Waals surface area contributed by atoms with Gasteiger partial charge in [-0.25, -0.2) is 0 Å². The van der Waals surface area contributed by atoms with E-state index in [-0.39, 0.29) is 11.8 Å². The molecule has 0 atom stereocenters. The van der Waals surface area contributed by atoms with Crippen molar-refractivity contribution in [3.63, 3.8) is 0 Å². The van der Waals surface area contributed by atoms with E-state index >= 15 is 4.57 Å². The van der Waals surface area contributed by atoms with Gasteiger partial charge in [0.1, 0.15) is 0 Å². The van der Waals surface area contributed by atoms with Gasteiger partial charge in [0.2, 0.25) is 0 Å². The van der Waals surface area contributed by atoms with Gasteiger partial charge in [-0.1, -0.05) is 54.6 Å². The van der Waals surface area contributed by atoms with Gasteiger partial charge in [0.25, 0.3) is 11.8 Å². The number of nitrogens with zero attached hydrogens (tertiary/aromatic N) is 3. The standard InChI is InChI=1S/C27H18N3O3P/c1-28-26(31)24-22-15-17-9-5-7-13-20(17)29(22)34(33,19-11-3-2-4-12-19)30-21-14-8-6-10-18(21)16-23(30)25(24)27(28)32/h2-16H,1H3. The highest BCUT2D eigenvalue weighted by molar-refractivity contribution is 7.69. The van der Waals surface area contributed by atoms with E-state index in [9.17, 15) is 9.59 Å². The summed E-state index contributed by atoms with van der Waals surface area (Å²) in [6, 6.07) is 28.4. The van der Waals surface area contributed by atoms with Gasteiger partial charge >= 0.3 is 7.44 Å². The minimum absolute atomic E-state index is 0.293. The molecule has 5 aromatic rings. The Hall–Kier alpha value is -4.15. The van der Waals surface area contributed by atoms with E-state index < -0.39 is 7.44 Å². The lowest BCUT2D eigenvalue weighted by atomic mass is 10.0. The van der Waals surface area contributed by atoms with Crippen molar-refractivity contribution in [1.82, 2.24) is 13.6 Å². The molecule has 2 aliphatic heterocycles. The minimum atomic E-state index is -3.64. The van der Waals surface area contributed by atoms with Crippen molar-refractivity contribution in [2.24, 2.45) is 0 Å². The molecule has 0 radical (unpaired) electrons. The van der Waals surface area contributed by atoms with Crippen LogP contribution in [0.1, 0.15) is 11.4 Å². The van der Waals surface area contributed by atoms with E-state index in [0.29, 0.717) is 27.8 Å². The van der Waals surface area contributed by atoms with Crippen LogP contribution in [0, 0.1) is 0 Å². The van der Waals surface area contributed by atoms with Crippen LogP contribution >= 0.6 is 7.44 Å². The Morgan fingerprint density at radius 1 is 0.618 bits per heavy atom. The molecule has 0 spiro atoms. The van der Waals surface area contributed by atoms with Crippen LogP contribution in [-0.2, 0) is 14.2 Å². The van der Waals surface area contributed by atoms with Gasteiger partial charge in [0, 0.05) is 17.8 Å². The Morgan fingerprint density at radius 2 is 1.06 bits per heavy atom. The maximum atomic E-state index is 15.6. The van der Waals surface area contributed by atoms with Gasteiger partial charge in [0.05, 0.1) is 38.9 Å². The number of aromatic nitrogens is 2. The molecule has 164 valence electrons. The average Bonchev–Trinajstić information content (AvgIpc) is 3.49. The van der Waals surface area contributed by atoms with Crippen LogP contribution < -0.4 is 5.30 Å². The molecule has 3 aromatic carbocycles. The lowest BCUT2D eigenvalue weighted by Crippen LogP contribution is -2.28. The van der Waals surface area contributed by atoms with Gasteiger partial charge in [-0.2, -0.15) is 0 Å². The molecule has 0 saturated carbocycles. The zero-order valence-corrected chi connectivity index (χ0v) is 19.1. The first-order chi connectivity index (χ1) is 16.5. The predicted molar refractivity (Wildman–Crippen MR) is 133 cm³/mol. The number of fused-ring (bicyclic) bond motifs is 8. The summed E-state index contributed by atoms with van der Waals surface area (Å²) in [6.07, 6.45) is 0. The number of carbonyl (C=O) groups is 2. The fourth-order valence-corrected chi connectivity index (χ4v) is 8.33. The molecule has 0 N–H and O–H groups in total. The first-order valence-corrected chi connectivity index (χ1v) is 12.6. The minimum Gasteiger partial charge on any atom is -0.277 e. The molecule has 0 saturated heterocycles. The molecular formula is C27H18N3O3P. The van der Waals surface area contributed by atoms with E-state index in [1.54, 1.807) is 8.68 Å². The predicted octanol–water partition coefficient (Wildman–Crippen LogP) is 4.73. The number of benzene rings is 3. The van der Waals surface area contributed by atoms with Gasteiger partial charge < -0.3 is 0 Å². The summed E-state index contributed by atoms with van der Waals surface area (Å²) in [5.41, 5.74) is 3.08. The lowest BCUT2D eigenvalue weighted by molar-refractivity contribution is -0.134. The monoisotopic (exact) mass is 463 g/mol. The van der Waals surface area contributed by atoms with Crippen molar-refractivity contribution in [3.8, 4) is 0 Å². The summed E-state index contributed by atoms with van der Waals surface area (Å²) >= 11 is 0. The van der Waals surface area contributed by atoms with Crippen LogP contribution in [0.2, 0.25) is 0 Å². The number of hydrogen-bond donors (Lipinski definition) is 0. The number of rotatable bonds is 1. The van der Waals surface area contributed by atoms with Crippen molar-refractivity contribution >= 4 is 57.5 Å². The first kappa shape index (κ1) is 19.3. The van der Waals surface area contributed by atoms with Crippen LogP contribution in [0.25, 0.3) is 33.0 Å². The van der Waals surface area contributed by atoms with Crippen molar-refractivity contribution in [3.05, 3.63) is 102 Å². The number of likely N-dealkylation sites (N-methyl/N-ethyl adjacent to an activating group) is 1. The molecule has 0 fully saturated rings. The largest absolute Gasteiger partial charge is 0.301 e. The molecule has 34 heavy (non-hydrogen) atoms. The lowest BCUT2D eigenvalue weighted by Gasteiger charge is -2.26. The second-order valence-corrected chi connectivity index (χ2v) is 11.0. The molecule has 2 aliphatic rings. The highest BCUT2D eigenvalue weighted by Gasteiger charge is 2.47. The number of imide groups is 1. The topological polar surface area (TPSA) is 64.3 Å². The Bertz CT molecular complexity index is 1680. The van der Waals surface area contributed by atoms with E-state index in [2.05, 4.69) is 0 Å². The second kappa shape index (κ2) is 6.46. The molecule has 0 aliphatic carbocycles. The van der Waals surface area contributed by atoms with E-state index in [1.165, 1.54) is 7.05 Å². The average molecular weight is 463 g/mol. The van der Waals surface area contributed by atoms with Crippen LogP contribution in [0.3, 0.4) is 0 Å².